The molecule has 72 valence electrons. The van der Waals surface area contributed by atoms with E-state index in [1.54, 1.807) is 6.20 Å². The van der Waals surface area contributed by atoms with Gasteiger partial charge in [0.25, 0.3) is 0 Å². The van der Waals surface area contributed by atoms with Gasteiger partial charge in [0.1, 0.15) is 0 Å². The molecule has 0 bridgehead atoms. The Morgan fingerprint density at radius 3 is 2.62 bits per heavy atom. The average molecular weight is 182 g/mol. The third kappa shape index (κ3) is 2.75. The van der Waals surface area contributed by atoms with Crippen LogP contribution in [0.15, 0.2) is 6.20 Å². The van der Waals surface area contributed by atoms with E-state index in [9.17, 15) is 0 Å². The first-order valence-electron chi connectivity index (χ1n) is 4.21. The molecule has 1 aromatic rings. The minimum atomic E-state index is -0.739. The summed E-state index contributed by atoms with van der Waals surface area (Å²) in [4.78, 5) is 8.34. The maximum atomic E-state index is 9.15. The van der Waals surface area contributed by atoms with Crippen LogP contribution in [0.2, 0.25) is 0 Å². The zero-order valence-electron chi connectivity index (χ0n) is 7.86. The Morgan fingerprint density at radius 1 is 1.38 bits per heavy atom. The van der Waals surface area contributed by atoms with Crippen LogP contribution in [0.4, 0.5) is 0 Å². The summed E-state index contributed by atoms with van der Waals surface area (Å²) in [5, 5.41) is 17.8. The number of aliphatic hydroxyl groups is 2. The maximum absolute atomic E-state index is 9.15. The van der Waals surface area contributed by atoms with Gasteiger partial charge >= 0.3 is 0 Å². The van der Waals surface area contributed by atoms with Gasteiger partial charge in [0.15, 0.2) is 0 Å². The monoisotopic (exact) mass is 182 g/mol. The standard InChI is InChI=1S/C9H14N2O2/c1-6-7(2)11-8(4-10-6)3-9(13)5-12/h4,9,12-13H,3,5H2,1-2H3. The van der Waals surface area contributed by atoms with E-state index in [2.05, 4.69) is 9.97 Å². The molecule has 1 unspecified atom stereocenters. The third-order valence-corrected chi connectivity index (χ3v) is 1.90. The first kappa shape index (κ1) is 10.1. The number of nitrogens with zero attached hydrogens (tertiary/aromatic N) is 2. The van der Waals surface area contributed by atoms with Crippen molar-refractivity contribution in [2.75, 3.05) is 6.61 Å². The van der Waals surface area contributed by atoms with Gasteiger partial charge in [0, 0.05) is 12.6 Å². The molecule has 0 aromatic carbocycles. The Balaban J connectivity index is 2.73. The van der Waals surface area contributed by atoms with Gasteiger partial charge in [0.2, 0.25) is 0 Å². The van der Waals surface area contributed by atoms with Crippen molar-refractivity contribution in [1.82, 2.24) is 9.97 Å². The van der Waals surface area contributed by atoms with Gasteiger partial charge in [-0.25, -0.2) is 0 Å². The molecule has 1 heterocycles. The van der Waals surface area contributed by atoms with Crippen LogP contribution in [-0.2, 0) is 6.42 Å². The highest BCUT2D eigenvalue weighted by atomic mass is 16.3. The Labute approximate surface area is 77.3 Å². The summed E-state index contributed by atoms with van der Waals surface area (Å²) in [5.41, 5.74) is 2.47. The van der Waals surface area contributed by atoms with Crippen LogP contribution < -0.4 is 0 Å². The van der Waals surface area contributed by atoms with E-state index in [1.807, 2.05) is 13.8 Å². The van der Waals surface area contributed by atoms with E-state index in [4.69, 9.17) is 10.2 Å². The lowest BCUT2D eigenvalue weighted by Crippen LogP contribution is -2.16. The van der Waals surface area contributed by atoms with Crippen molar-refractivity contribution in [3.05, 3.63) is 23.3 Å². The molecule has 1 aromatic heterocycles. The van der Waals surface area contributed by atoms with Crippen LogP contribution in [0, 0.1) is 13.8 Å². The highest BCUT2D eigenvalue weighted by molar-refractivity contribution is 5.11. The zero-order valence-corrected chi connectivity index (χ0v) is 7.86. The van der Waals surface area contributed by atoms with Crippen molar-refractivity contribution in [3.63, 3.8) is 0 Å². The van der Waals surface area contributed by atoms with Gasteiger partial charge in [-0.15, -0.1) is 0 Å². The molecule has 0 radical (unpaired) electrons. The molecule has 4 heteroatoms. The number of hydrogen-bond donors (Lipinski definition) is 2. The fourth-order valence-electron chi connectivity index (χ4n) is 0.994. The lowest BCUT2D eigenvalue weighted by atomic mass is 10.2. The Hall–Kier alpha value is -1.00. The van der Waals surface area contributed by atoms with Crippen molar-refractivity contribution in [3.8, 4) is 0 Å². The van der Waals surface area contributed by atoms with E-state index in [0.717, 1.165) is 11.4 Å². The van der Waals surface area contributed by atoms with Crippen LogP contribution in [0.25, 0.3) is 0 Å². The van der Waals surface area contributed by atoms with Crippen LogP contribution >= 0.6 is 0 Å². The molecule has 1 atom stereocenters. The largest absolute Gasteiger partial charge is 0.394 e. The molecule has 0 saturated carbocycles. The van der Waals surface area contributed by atoms with Gasteiger partial charge in [0.05, 0.1) is 29.8 Å². The summed E-state index contributed by atoms with van der Waals surface area (Å²) in [7, 11) is 0. The van der Waals surface area contributed by atoms with Crippen molar-refractivity contribution < 1.29 is 10.2 Å². The average Bonchev–Trinajstić information content (AvgIpc) is 2.11. The van der Waals surface area contributed by atoms with Crippen LogP contribution in [-0.4, -0.2) is 32.9 Å². The predicted octanol–water partition coefficient (Wildman–Crippen LogP) is -0.0109. The van der Waals surface area contributed by atoms with E-state index in [0.29, 0.717) is 12.1 Å². The molecule has 0 amide bonds. The lowest BCUT2D eigenvalue weighted by Gasteiger charge is -2.07. The van der Waals surface area contributed by atoms with Crippen molar-refractivity contribution >= 4 is 0 Å². The summed E-state index contributed by atoms with van der Waals surface area (Å²) in [6.45, 7) is 3.51. The van der Waals surface area contributed by atoms with Crippen molar-refractivity contribution in [1.29, 1.82) is 0 Å². The highest BCUT2D eigenvalue weighted by Crippen LogP contribution is 2.03. The molecule has 1 rings (SSSR count). The Morgan fingerprint density at radius 2 is 2.08 bits per heavy atom. The van der Waals surface area contributed by atoms with E-state index < -0.39 is 6.10 Å². The SMILES string of the molecule is Cc1ncc(CC(O)CO)nc1C. The minimum absolute atomic E-state index is 0.241. The molecule has 0 aliphatic carbocycles. The first-order chi connectivity index (χ1) is 6.13. The van der Waals surface area contributed by atoms with Crippen molar-refractivity contribution in [2.45, 2.75) is 26.4 Å². The van der Waals surface area contributed by atoms with Gasteiger partial charge in [-0.2, -0.15) is 0 Å². The Kier molecular flexibility index (Phi) is 3.33. The fourth-order valence-corrected chi connectivity index (χ4v) is 0.994. The third-order valence-electron chi connectivity index (χ3n) is 1.90. The molecule has 0 saturated heterocycles. The predicted molar refractivity (Wildman–Crippen MR) is 48.3 cm³/mol. The number of aromatic nitrogens is 2. The molecule has 2 N–H and O–H groups in total. The van der Waals surface area contributed by atoms with Gasteiger partial charge in [-0.1, -0.05) is 0 Å². The highest BCUT2D eigenvalue weighted by Gasteiger charge is 2.06. The van der Waals surface area contributed by atoms with E-state index >= 15 is 0 Å². The summed E-state index contributed by atoms with van der Waals surface area (Å²) in [6, 6.07) is 0. The molecule has 0 fully saturated rings. The summed E-state index contributed by atoms with van der Waals surface area (Å²) >= 11 is 0. The number of aryl methyl sites for hydroxylation is 2. The first-order valence-corrected chi connectivity index (χ1v) is 4.21. The number of hydrogen-bond acceptors (Lipinski definition) is 4. The quantitative estimate of drug-likeness (QED) is 0.690. The van der Waals surface area contributed by atoms with Crippen LogP contribution in [0.3, 0.4) is 0 Å². The van der Waals surface area contributed by atoms with Gasteiger partial charge in [-0.05, 0) is 13.8 Å². The van der Waals surface area contributed by atoms with E-state index in [-0.39, 0.29) is 6.61 Å². The van der Waals surface area contributed by atoms with Gasteiger partial charge < -0.3 is 10.2 Å². The fraction of sp³-hybridized carbons (Fsp3) is 0.556. The van der Waals surface area contributed by atoms with Crippen LogP contribution in [0.1, 0.15) is 17.1 Å². The minimum Gasteiger partial charge on any atom is -0.394 e. The molecule has 0 aliphatic heterocycles. The summed E-state index contributed by atoms with van der Waals surface area (Å²) in [5.74, 6) is 0. The van der Waals surface area contributed by atoms with Crippen LogP contribution in [0.5, 0.6) is 0 Å². The number of rotatable bonds is 3. The second-order valence-corrected chi connectivity index (χ2v) is 3.07. The molecular formula is C9H14N2O2. The normalized spacial score (nSPS) is 12.9. The number of aliphatic hydroxyl groups excluding tert-OH is 2. The topological polar surface area (TPSA) is 66.2 Å². The van der Waals surface area contributed by atoms with Crippen molar-refractivity contribution in [2.24, 2.45) is 0 Å². The maximum Gasteiger partial charge on any atom is 0.0826 e. The molecule has 13 heavy (non-hydrogen) atoms. The summed E-state index contributed by atoms with van der Waals surface area (Å²) < 4.78 is 0. The smallest absolute Gasteiger partial charge is 0.0826 e. The second-order valence-electron chi connectivity index (χ2n) is 3.07. The van der Waals surface area contributed by atoms with E-state index in [1.165, 1.54) is 0 Å². The Bertz CT molecular complexity index is 289. The second kappa shape index (κ2) is 4.30. The summed E-state index contributed by atoms with van der Waals surface area (Å²) in [6.07, 6.45) is 1.24. The van der Waals surface area contributed by atoms with Gasteiger partial charge in [-0.3, -0.25) is 9.97 Å². The molecule has 0 spiro atoms. The molecular weight excluding hydrogens is 168 g/mol. The molecule has 4 nitrogen and oxygen atoms in total. The lowest BCUT2D eigenvalue weighted by molar-refractivity contribution is 0.0946. The zero-order chi connectivity index (χ0) is 9.84. The molecule has 0 aliphatic rings.